The van der Waals surface area contributed by atoms with E-state index in [9.17, 15) is 0 Å². The van der Waals surface area contributed by atoms with Crippen molar-refractivity contribution in [1.82, 2.24) is 24.8 Å². The zero-order valence-corrected chi connectivity index (χ0v) is 12.4. The lowest BCUT2D eigenvalue weighted by atomic mass is 10.2. The Morgan fingerprint density at radius 1 is 1.32 bits per heavy atom. The van der Waals surface area contributed by atoms with Gasteiger partial charge in [-0.3, -0.25) is 9.58 Å². The summed E-state index contributed by atoms with van der Waals surface area (Å²) in [6.45, 7) is 2.69. The van der Waals surface area contributed by atoms with Gasteiger partial charge in [-0.25, -0.2) is 0 Å². The quantitative estimate of drug-likeness (QED) is 0.837. The molecule has 0 aromatic carbocycles. The zero-order chi connectivity index (χ0) is 14.9. The first-order chi connectivity index (χ1) is 10.8. The van der Waals surface area contributed by atoms with Crippen molar-refractivity contribution in [1.29, 1.82) is 5.26 Å². The molecular formula is C15H18N6O. The number of hydrogen-bond acceptors (Lipinski definition) is 6. The summed E-state index contributed by atoms with van der Waals surface area (Å²) in [7, 11) is 0. The fourth-order valence-corrected chi connectivity index (χ4v) is 3.04. The van der Waals surface area contributed by atoms with E-state index in [1.54, 1.807) is 12.4 Å². The lowest BCUT2D eigenvalue weighted by Gasteiger charge is -2.21. The van der Waals surface area contributed by atoms with E-state index in [0.29, 0.717) is 11.5 Å². The molecule has 7 nitrogen and oxygen atoms in total. The van der Waals surface area contributed by atoms with Crippen LogP contribution in [0.3, 0.4) is 0 Å². The average molecular weight is 298 g/mol. The molecular weight excluding hydrogens is 280 g/mol. The third-order valence-corrected chi connectivity index (χ3v) is 4.42. The van der Waals surface area contributed by atoms with Crippen LogP contribution in [0, 0.1) is 11.3 Å². The molecule has 1 aliphatic heterocycles. The average Bonchev–Trinajstić information content (AvgIpc) is 2.98. The Balaban J connectivity index is 1.40. The van der Waals surface area contributed by atoms with Gasteiger partial charge in [0.25, 0.3) is 0 Å². The van der Waals surface area contributed by atoms with Gasteiger partial charge in [0.1, 0.15) is 6.07 Å². The van der Waals surface area contributed by atoms with E-state index in [4.69, 9.17) is 9.78 Å². The van der Waals surface area contributed by atoms with E-state index in [0.717, 1.165) is 44.2 Å². The van der Waals surface area contributed by atoms with E-state index in [2.05, 4.69) is 26.2 Å². The highest BCUT2D eigenvalue weighted by molar-refractivity contribution is 5.21. The molecule has 0 radical (unpaired) electrons. The lowest BCUT2D eigenvalue weighted by Crippen LogP contribution is -2.28. The van der Waals surface area contributed by atoms with Crippen molar-refractivity contribution in [3.8, 4) is 6.07 Å². The smallest absolute Gasteiger partial charge is 0.229 e. The van der Waals surface area contributed by atoms with Crippen molar-refractivity contribution in [2.75, 3.05) is 13.1 Å². The third-order valence-electron chi connectivity index (χ3n) is 4.42. The summed E-state index contributed by atoms with van der Waals surface area (Å²) in [5, 5.41) is 17.2. The number of likely N-dealkylation sites (tertiary alicyclic amines) is 1. The highest BCUT2D eigenvalue weighted by Crippen LogP contribution is 2.40. The van der Waals surface area contributed by atoms with Crippen LogP contribution in [0.4, 0.5) is 0 Å². The van der Waals surface area contributed by atoms with E-state index in [1.807, 2.05) is 4.68 Å². The highest BCUT2D eigenvalue weighted by Gasteiger charge is 2.34. The van der Waals surface area contributed by atoms with Crippen LogP contribution in [0.5, 0.6) is 0 Å². The van der Waals surface area contributed by atoms with Gasteiger partial charge in [-0.1, -0.05) is 5.16 Å². The van der Waals surface area contributed by atoms with Crippen LogP contribution in [-0.4, -0.2) is 37.9 Å². The summed E-state index contributed by atoms with van der Waals surface area (Å²) < 4.78 is 7.21. The molecule has 114 valence electrons. The summed E-state index contributed by atoms with van der Waals surface area (Å²) in [4.78, 5) is 6.98. The maximum absolute atomic E-state index is 8.83. The van der Waals surface area contributed by atoms with Gasteiger partial charge in [0.15, 0.2) is 5.82 Å². The largest absolute Gasteiger partial charge is 0.339 e. The predicted molar refractivity (Wildman–Crippen MR) is 76.8 cm³/mol. The van der Waals surface area contributed by atoms with Gasteiger partial charge in [0, 0.05) is 18.7 Å². The molecule has 4 rings (SSSR count). The standard InChI is InChI=1S/C15H18N6O/c16-8-11-9-17-21(10-11)7-6-20-5-1-2-13(20)14-18-15(22-19-14)12-3-4-12/h9-10,12-13H,1-7H2. The van der Waals surface area contributed by atoms with Crippen molar-refractivity contribution >= 4 is 0 Å². The third kappa shape index (κ3) is 2.62. The molecule has 2 aliphatic rings. The minimum atomic E-state index is 0.252. The Kier molecular flexibility index (Phi) is 3.39. The van der Waals surface area contributed by atoms with Crippen LogP contribution >= 0.6 is 0 Å². The van der Waals surface area contributed by atoms with Crippen LogP contribution in [0.1, 0.15) is 54.9 Å². The molecule has 22 heavy (non-hydrogen) atoms. The number of rotatable bonds is 5. The Labute approximate surface area is 128 Å². The van der Waals surface area contributed by atoms with Gasteiger partial charge in [-0.2, -0.15) is 15.3 Å². The lowest BCUT2D eigenvalue weighted by molar-refractivity contribution is 0.230. The molecule has 0 bridgehead atoms. The molecule has 2 fully saturated rings. The molecule has 1 saturated heterocycles. The van der Waals surface area contributed by atoms with Gasteiger partial charge >= 0.3 is 0 Å². The Morgan fingerprint density at radius 3 is 3.00 bits per heavy atom. The molecule has 0 spiro atoms. The van der Waals surface area contributed by atoms with E-state index < -0.39 is 0 Å². The topological polar surface area (TPSA) is 83.8 Å². The summed E-state index contributed by atoms with van der Waals surface area (Å²) in [5.41, 5.74) is 0.602. The summed E-state index contributed by atoms with van der Waals surface area (Å²) in [6.07, 6.45) is 7.97. The molecule has 0 amide bonds. The second-order valence-corrected chi connectivity index (χ2v) is 6.06. The molecule has 3 heterocycles. The molecule has 1 atom stereocenters. The van der Waals surface area contributed by atoms with Crippen molar-refractivity contribution < 1.29 is 4.52 Å². The molecule has 7 heteroatoms. The van der Waals surface area contributed by atoms with Crippen LogP contribution in [0.25, 0.3) is 0 Å². The van der Waals surface area contributed by atoms with Gasteiger partial charge < -0.3 is 4.52 Å². The van der Waals surface area contributed by atoms with Gasteiger partial charge in [0.2, 0.25) is 5.89 Å². The normalized spacial score (nSPS) is 22.0. The number of nitrogens with zero attached hydrogens (tertiary/aromatic N) is 6. The number of aromatic nitrogens is 4. The predicted octanol–water partition coefficient (Wildman–Crippen LogP) is 1.85. The maximum Gasteiger partial charge on any atom is 0.229 e. The highest BCUT2D eigenvalue weighted by atomic mass is 16.5. The van der Waals surface area contributed by atoms with Gasteiger partial charge in [-0.05, 0) is 32.2 Å². The zero-order valence-electron chi connectivity index (χ0n) is 12.4. The van der Waals surface area contributed by atoms with Crippen LogP contribution in [0.2, 0.25) is 0 Å². The molecule has 1 saturated carbocycles. The summed E-state index contributed by atoms with van der Waals surface area (Å²) >= 11 is 0. The maximum atomic E-state index is 8.83. The molecule has 1 unspecified atom stereocenters. The minimum absolute atomic E-state index is 0.252. The van der Waals surface area contributed by atoms with Crippen molar-refractivity contribution in [2.24, 2.45) is 0 Å². The van der Waals surface area contributed by atoms with Gasteiger partial charge in [0.05, 0.1) is 24.3 Å². The van der Waals surface area contributed by atoms with E-state index >= 15 is 0 Å². The Hall–Kier alpha value is -2.20. The monoisotopic (exact) mass is 298 g/mol. The van der Waals surface area contributed by atoms with Crippen LogP contribution in [-0.2, 0) is 6.54 Å². The first-order valence-corrected chi connectivity index (χ1v) is 7.83. The minimum Gasteiger partial charge on any atom is -0.339 e. The van der Waals surface area contributed by atoms with Crippen LogP contribution in [0.15, 0.2) is 16.9 Å². The first-order valence-electron chi connectivity index (χ1n) is 7.83. The van der Waals surface area contributed by atoms with E-state index in [-0.39, 0.29) is 6.04 Å². The Bertz CT molecular complexity index is 695. The number of nitriles is 1. The molecule has 1 aliphatic carbocycles. The fraction of sp³-hybridized carbons (Fsp3) is 0.600. The number of hydrogen-bond donors (Lipinski definition) is 0. The second kappa shape index (κ2) is 5.54. The summed E-state index contributed by atoms with van der Waals surface area (Å²) in [5.74, 6) is 2.15. The summed E-state index contributed by atoms with van der Waals surface area (Å²) in [6, 6.07) is 2.35. The Morgan fingerprint density at radius 2 is 2.23 bits per heavy atom. The first kappa shape index (κ1) is 13.5. The fourth-order valence-electron chi connectivity index (χ4n) is 3.04. The van der Waals surface area contributed by atoms with E-state index in [1.165, 1.54) is 12.8 Å². The molecule has 2 aromatic heterocycles. The SMILES string of the molecule is N#Cc1cnn(CCN2CCCC2c2noc(C3CC3)n2)c1. The van der Waals surface area contributed by atoms with Gasteiger partial charge in [-0.15, -0.1) is 0 Å². The van der Waals surface area contributed by atoms with Crippen molar-refractivity contribution in [3.63, 3.8) is 0 Å². The molecule has 0 N–H and O–H groups in total. The van der Waals surface area contributed by atoms with Crippen molar-refractivity contribution in [2.45, 2.75) is 44.2 Å². The second-order valence-electron chi connectivity index (χ2n) is 6.06. The molecule has 2 aromatic rings. The van der Waals surface area contributed by atoms with Crippen molar-refractivity contribution in [3.05, 3.63) is 29.7 Å². The van der Waals surface area contributed by atoms with Crippen LogP contribution < -0.4 is 0 Å².